The van der Waals surface area contributed by atoms with E-state index in [1.54, 1.807) is 0 Å². The summed E-state index contributed by atoms with van der Waals surface area (Å²) < 4.78 is 37.8. The summed E-state index contributed by atoms with van der Waals surface area (Å²) in [6.07, 6.45) is -4.56. The Morgan fingerprint density at radius 1 is 1.36 bits per heavy atom. The molecule has 2 aromatic rings. The van der Waals surface area contributed by atoms with Crippen molar-refractivity contribution >= 4 is 40.3 Å². The van der Waals surface area contributed by atoms with Crippen LogP contribution in [0.5, 0.6) is 0 Å². The molecule has 0 atom stereocenters. The number of halogens is 4. The third-order valence-corrected chi connectivity index (χ3v) is 3.86. The number of alkyl halides is 3. The van der Waals surface area contributed by atoms with E-state index in [1.165, 1.54) is 11.3 Å². The highest BCUT2D eigenvalue weighted by atomic mass is 35.5. The SMILES string of the molecule is Nc1cc(C(F)(F)F)cc(Cl)c1NC(=O)NCc1cccs1. The van der Waals surface area contributed by atoms with Gasteiger partial charge in [-0.3, -0.25) is 0 Å². The Balaban J connectivity index is 2.07. The van der Waals surface area contributed by atoms with E-state index in [4.69, 9.17) is 17.3 Å². The van der Waals surface area contributed by atoms with E-state index in [0.29, 0.717) is 12.6 Å². The average Bonchev–Trinajstić information content (AvgIpc) is 2.92. The van der Waals surface area contributed by atoms with Crippen molar-refractivity contribution in [3.63, 3.8) is 0 Å². The second-order valence-electron chi connectivity index (χ2n) is 4.31. The lowest BCUT2D eigenvalue weighted by molar-refractivity contribution is -0.137. The third-order valence-electron chi connectivity index (χ3n) is 2.69. The van der Waals surface area contributed by atoms with Gasteiger partial charge in [0.1, 0.15) is 0 Å². The maximum Gasteiger partial charge on any atom is 0.416 e. The van der Waals surface area contributed by atoms with E-state index < -0.39 is 17.8 Å². The minimum atomic E-state index is -4.56. The van der Waals surface area contributed by atoms with Crippen molar-refractivity contribution in [3.05, 3.63) is 45.1 Å². The van der Waals surface area contributed by atoms with Gasteiger partial charge >= 0.3 is 12.2 Å². The van der Waals surface area contributed by atoms with Crippen LogP contribution >= 0.6 is 22.9 Å². The Morgan fingerprint density at radius 3 is 2.64 bits per heavy atom. The molecule has 0 spiro atoms. The number of hydrogen-bond acceptors (Lipinski definition) is 3. The fraction of sp³-hybridized carbons (Fsp3) is 0.154. The van der Waals surface area contributed by atoms with Gasteiger partial charge in [-0.15, -0.1) is 11.3 Å². The highest BCUT2D eigenvalue weighted by Crippen LogP contribution is 2.37. The topological polar surface area (TPSA) is 67.1 Å². The molecule has 4 N–H and O–H groups in total. The summed E-state index contributed by atoms with van der Waals surface area (Å²) in [4.78, 5) is 12.7. The van der Waals surface area contributed by atoms with Crippen molar-refractivity contribution in [1.82, 2.24) is 5.32 Å². The molecule has 22 heavy (non-hydrogen) atoms. The zero-order valence-electron chi connectivity index (χ0n) is 11.0. The Kier molecular flexibility index (Phi) is 4.82. The van der Waals surface area contributed by atoms with Gasteiger partial charge in [-0.2, -0.15) is 13.2 Å². The molecular formula is C13H11ClF3N3OS. The largest absolute Gasteiger partial charge is 0.416 e. The van der Waals surface area contributed by atoms with Gasteiger partial charge < -0.3 is 16.4 Å². The summed E-state index contributed by atoms with van der Waals surface area (Å²) in [7, 11) is 0. The monoisotopic (exact) mass is 349 g/mol. The van der Waals surface area contributed by atoms with Gasteiger partial charge in [-0.25, -0.2) is 4.79 Å². The lowest BCUT2D eigenvalue weighted by atomic mass is 10.1. The summed E-state index contributed by atoms with van der Waals surface area (Å²) in [5.74, 6) is 0. The maximum absolute atomic E-state index is 12.6. The normalized spacial score (nSPS) is 11.3. The molecule has 118 valence electrons. The molecule has 0 aliphatic rings. The maximum atomic E-state index is 12.6. The number of urea groups is 1. The second-order valence-corrected chi connectivity index (χ2v) is 5.75. The van der Waals surface area contributed by atoms with E-state index in [-0.39, 0.29) is 16.4 Å². The molecule has 0 fully saturated rings. The predicted molar refractivity (Wildman–Crippen MR) is 81.0 cm³/mol. The molecule has 0 unspecified atom stereocenters. The molecule has 0 aliphatic carbocycles. The molecule has 0 aliphatic heterocycles. The van der Waals surface area contributed by atoms with Crippen molar-refractivity contribution < 1.29 is 18.0 Å². The zero-order chi connectivity index (χ0) is 16.3. The Bertz CT molecular complexity index is 651. The van der Waals surface area contributed by atoms with E-state index in [2.05, 4.69) is 10.6 Å². The summed E-state index contributed by atoms with van der Waals surface area (Å²) in [5.41, 5.74) is 4.25. The Hall–Kier alpha value is -1.93. The molecule has 9 heteroatoms. The van der Waals surface area contributed by atoms with Crippen LogP contribution < -0.4 is 16.4 Å². The molecule has 0 saturated carbocycles. The van der Waals surface area contributed by atoms with Crippen molar-refractivity contribution in [3.8, 4) is 0 Å². The molecule has 1 heterocycles. The van der Waals surface area contributed by atoms with Gasteiger partial charge in [0.15, 0.2) is 0 Å². The lowest BCUT2D eigenvalue weighted by Crippen LogP contribution is -2.28. The third kappa shape index (κ3) is 4.05. The van der Waals surface area contributed by atoms with Crippen LogP contribution in [0.25, 0.3) is 0 Å². The number of hydrogen-bond donors (Lipinski definition) is 3. The van der Waals surface area contributed by atoms with E-state index in [0.717, 1.165) is 10.9 Å². The first kappa shape index (κ1) is 16.4. The van der Waals surface area contributed by atoms with Gasteiger partial charge in [-0.05, 0) is 23.6 Å². The number of nitrogens with one attached hydrogen (secondary N) is 2. The number of amides is 2. The number of benzene rings is 1. The first-order chi connectivity index (χ1) is 10.3. The standard InChI is InChI=1S/C13H11ClF3N3OS/c14-9-4-7(13(15,16)17)5-10(18)11(9)20-12(21)19-6-8-2-1-3-22-8/h1-5H,6,18H2,(H2,19,20,21). The number of nitrogen functional groups attached to an aromatic ring is 1. The lowest BCUT2D eigenvalue weighted by Gasteiger charge is -2.14. The molecule has 0 bridgehead atoms. The number of carbonyl (C=O) groups excluding carboxylic acids is 1. The van der Waals surface area contributed by atoms with Gasteiger partial charge in [-0.1, -0.05) is 17.7 Å². The van der Waals surface area contributed by atoms with Crippen LogP contribution in [0, 0.1) is 0 Å². The summed E-state index contributed by atoms with van der Waals surface area (Å²) in [6.45, 7) is 0.293. The van der Waals surface area contributed by atoms with Crippen LogP contribution in [-0.4, -0.2) is 6.03 Å². The minimum absolute atomic E-state index is 0.0571. The Labute approximate surface area is 133 Å². The van der Waals surface area contributed by atoms with Gasteiger partial charge in [0, 0.05) is 4.88 Å². The van der Waals surface area contributed by atoms with Crippen molar-refractivity contribution in [1.29, 1.82) is 0 Å². The van der Waals surface area contributed by atoms with Crippen molar-refractivity contribution in [2.24, 2.45) is 0 Å². The summed E-state index contributed by atoms with van der Waals surface area (Å²) in [6, 6.07) is 4.50. The second kappa shape index (κ2) is 6.45. The predicted octanol–water partition coefficient (Wildman–Crippen LogP) is 4.32. The van der Waals surface area contributed by atoms with Crippen LogP contribution in [-0.2, 0) is 12.7 Å². The summed E-state index contributed by atoms with van der Waals surface area (Å²) in [5, 5.41) is 6.49. The molecular weight excluding hydrogens is 339 g/mol. The number of thiophene rings is 1. The molecule has 0 saturated heterocycles. The van der Waals surface area contributed by atoms with Gasteiger partial charge in [0.25, 0.3) is 0 Å². The van der Waals surface area contributed by atoms with Crippen LogP contribution in [0.1, 0.15) is 10.4 Å². The van der Waals surface area contributed by atoms with Crippen LogP contribution in [0.3, 0.4) is 0 Å². The van der Waals surface area contributed by atoms with Gasteiger partial charge in [0.2, 0.25) is 0 Å². The fourth-order valence-corrected chi connectivity index (χ4v) is 2.58. The first-order valence-electron chi connectivity index (χ1n) is 6.01. The number of rotatable bonds is 3. The van der Waals surface area contributed by atoms with E-state index in [1.807, 2.05) is 17.5 Å². The minimum Gasteiger partial charge on any atom is -0.397 e. The van der Waals surface area contributed by atoms with E-state index >= 15 is 0 Å². The van der Waals surface area contributed by atoms with E-state index in [9.17, 15) is 18.0 Å². The number of nitrogens with two attached hydrogens (primary N) is 1. The first-order valence-corrected chi connectivity index (χ1v) is 7.26. The quantitative estimate of drug-likeness (QED) is 0.722. The number of anilines is 2. The van der Waals surface area contributed by atoms with Crippen LogP contribution in [0.2, 0.25) is 5.02 Å². The molecule has 0 radical (unpaired) electrons. The average molecular weight is 350 g/mol. The number of carbonyl (C=O) groups is 1. The highest BCUT2D eigenvalue weighted by Gasteiger charge is 2.32. The summed E-state index contributed by atoms with van der Waals surface area (Å²) >= 11 is 7.23. The van der Waals surface area contributed by atoms with Crippen LogP contribution in [0.15, 0.2) is 29.6 Å². The van der Waals surface area contributed by atoms with Gasteiger partial charge in [0.05, 0.1) is 28.5 Å². The molecule has 2 rings (SSSR count). The molecule has 1 aromatic heterocycles. The smallest absolute Gasteiger partial charge is 0.397 e. The molecule has 2 amide bonds. The van der Waals surface area contributed by atoms with Crippen molar-refractivity contribution in [2.75, 3.05) is 11.1 Å². The van der Waals surface area contributed by atoms with Crippen LogP contribution in [0.4, 0.5) is 29.3 Å². The molecule has 4 nitrogen and oxygen atoms in total. The molecule has 1 aromatic carbocycles. The van der Waals surface area contributed by atoms with Crippen molar-refractivity contribution in [2.45, 2.75) is 12.7 Å². The zero-order valence-corrected chi connectivity index (χ0v) is 12.6. The Morgan fingerprint density at radius 2 is 2.09 bits per heavy atom. The fourth-order valence-electron chi connectivity index (χ4n) is 1.66. The highest BCUT2D eigenvalue weighted by molar-refractivity contribution is 7.09.